The number of hydrogen-bond donors (Lipinski definition) is 0. The fourth-order valence-electron chi connectivity index (χ4n) is 5.91. The smallest absolute Gasteiger partial charge is 0.274 e. The number of rotatable bonds is 4. The zero-order valence-electron chi connectivity index (χ0n) is 20.0. The maximum atomic E-state index is 13.4. The van der Waals surface area contributed by atoms with Crippen molar-refractivity contribution in [2.45, 2.75) is 65.0 Å². The number of hydrogen-bond acceptors (Lipinski definition) is 4. The topological polar surface area (TPSA) is 44.6 Å². The van der Waals surface area contributed by atoms with Gasteiger partial charge in [-0.2, -0.15) is 5.10 Å². The zero-order chi connectivity index (χ0) is 22.9. The van der Waals surface area contributed by atoms with Crippen molar-refractivity contribution < 1.29 is 4.79 Å². The first-order chi connectivity index (χ1) is 16.0. The van der Waals surface area contributed by atoms with E-state index in [1.807, 2.05) is 11.0 Å². The van der Waals surface area contributed by atoms with Crippen LogP contribution in [0.2, 0.25) is 5.02 Å². The quantitative estimate of drug-likeness (QED) is 0.674. The summed E-state index contributed by atoms with van der Waals surface area (Å²) in [6.07, 6.45) is 6.56. The summed E-state index contributed by atoms with van der Waals surface area (Å²) in [7, 11) is 0. The van der Waals surface area contributed by atoms with Crippen LogP contribution in [0.5, 0.6) is 0 Å². The predicted molar refractivity (Wildman–Crippen MR) is 133 cm³/mol. The van der Waals surface area contributed by atoms with Crippen molar-refractivity contribution in [3.05, 3.63) is 45.7 Å². The molecule has 2 aromatic rings. The molecule has 1 aromatic carbocycles. The molecule has 0 bridgehead atoms. The number of piperidine rings is 1. The van der Waals surface area contributed by atoms with Crippen LogP contribution < -0.4 is 4.90 Å². The molecule has 2 fully saturated rings. The molecular formula is C26H36ClN5O. The summed E-state index contributed by atoms with van der Waals surface area (Å²) in [5.74, 6) is 0.153. The first-order valence-corrected chi connectivity index (χ1v) is 13.1. The number of fused-ring (bicyclic) bond motifs is 1. The van der Waals surface area contributed by atoms with Crippen LogP contribution in [-0.4, -0.2) is 70.8 Å². The Morgan fingerprint density at radius 2 is 1.85 bits per heavy atom. The minimum Gasteiger partial charge on any atom is -0.369 e. The van der Waals surface area contributed by atoms with Gasteiger partial charge in [0.15, 0.2) is 5.69 Å². The summed E-state index contributed by atoms with van der Waals surface area (Å²) in [5, 5.41) is 5.62. The summed E-state index contributed by atoms with van der Waals surface area (Å²) >= 11 is 6.27. The van der Waals surface area contributed by atoms with Gasteiger partial charge in [-0.15, -0.1) is 0 Å². The van der Waals surface area contributed by atoms with E-state index in [-0.39, 0.29) is 5.91 Å². The highest BCUT2D eigenvalue weighted by Crippen LogP contribution is 2.31. The number of aromatic nitrogens is 2. The van der Waals surface area contributed by atoms with Crippen molar-refractivity contribution in [3.63, 3.8) is 0 Å². The lowest BCUT2D eigenvalue weighted by Crippen LogP contribution is -2.52. The molecule has 7 heteroatoms. The van der Waals surface area contributed by atoms with E-state index in [1.54, 1.807) is 0 Å². The Labute approximate surface area is 202 Å². The number of nitrogens with zero attached hydrogens (tertiary/aromatic N) is 5. The van der Waals surface area contributed by atoms with Crippen LogP contribution in [0.1, 0.15) is 59.9 Å². The van der Waals surface area contributed by atoms with Gasteiger partial charge in [0.1, 0.15) is 0 Å². The van der Waals surface area contributed by atoms with E-state index >= 15 is 0 Å². The third kappa shape index (κ3) is 4.52. The van der Waals surface area contributed by atoms with E-state index in [2.05, 4.69) is 40.5 Å². The Bertz CT molecular complexity index is 1000. The lowest BCUT2D eigenvalue weighted by atomic mass is 9.89. The number of piperazine rings is 1. The number of anilines is 1. The first-order valence-electron chi connectivity index (χ1n) is 12.7. The molecule has 1 aromatic heterocycles. The number of carbonyl (C=O) groups excluding carboxylic acids is 1. The number of benzene rings is 1. The lowest BCUT2D eigenvalue weighted by molar-refractivity contribution is 0.0715. The average molecular weight is 470 g/mol. The van der Waals surface area contributed by atoms with E-state index < -0.39 is 0 Å². The highest BCUT2D eigenvalue weighted by Gasteiger charge is 2.34. The summed E-state index contributed by atoms with van der Waals surface area (Å²) in [6, 6.07) is 6.66. The Morgan fingerprint density at radius 1 is 1.09 bits per heavy atom. The molecular weight excluding hydrogens is 434 g/mol. The van der Waals surface area contributed by atoms with Crippen molar-refractivity contribution in [1.82, 2.24) is 19.6 Å². The second-order valence-electron chi connectivity index (χ2n) is 9.79. The van der Waals surface area contributed by atoms with E-state index in [1.165, 1.54) is 28.9 Å². The molecule has 3 heterocycles. The lowest BCUT2D eigenvalue weighted by Gasteiger charge is -2.42. The molecule has 1 atom stereocenters. The van der Waals surface area contributed by atoms with Crippen molar-refractivity contribution in [2.24, 2.45) is 0 Å². The van der Waals surface area contributed by atoms with Crippen LogP contribution in [0.4, 0.5) is 5.69 Å². The van der Waals surface area contributed by atoms with Crippen LogP contribution in [0, 0.1) is 6.92 Å². The van der Waals surface area contributed by atoms with Gasteiger partial charge in [0, 0.05) is 73.8 Å². The summed E-state index contributed by atoms with van der Waals surface area (Å²) in [5.41, 5.74) is 5.78. The molecule has 0 spiro atoms. The maximum Gasteiger partial charge on any atom is 0.274 e. The molecule has 1 unspecified atom stereocenters. The van der Waals surface area contributed by atoms with Crippen LogP contribution in [0.3, 0.4) is 0 Å². The second-order valence-corrected chi connectivity index (χ2v) is 10.2. The van der Waals surface area contributed by atoms with Crippen molar-refractivity contribution in [2.75, 3.05) is 44.2 Å². The van der Waals surface area contributed by atoms with E-state index in [4.69, 9.17) is 16.7 Å². The fraction of sp³-hybridized carbons (Fsp3) is 0.615. The van der Waals surface area contributed by atoms with Crippen molar-refractivity contribution in [3.8, 4) is 0 Å². The largest absolute Gasteiger partial charge is 0.369 e. The minimum atomic E-state index is 0.153. The van der Waals surface area contributed by atoms with Gasteiger partial charge in [0.2, 0.25) is 0 Å². The second kappa shape index (κ2) is 9.67. The standard InChI is InChI=1S/C26H36ClN5O/c1-3-32-23-10-9-21(18-22(23)25(28-32)26(33)31-11-5-4-6-12-31)29-13-15-30(16-14-29)24-17-20(27)8-7-19(24)2/h7-8,17,21H,3-6,9-16,18H2,1-2H3. The van der Waals surface area contributed by atoms with Crippen LogP contribution in [0.15, 0.2) is 18.2 Å². The maximum absolute atomic E-state index is 13.4. The molecule has 178 valence electrons. The Hall–Kier alpha value is -2.05. The van der Waals surface area contributed by atoms with Gasteiger partial charge in [0.05, 0.1) is 0 Å². The Kier molecular flexibility index (Phi) is 6.66. The predicted octanol–water partition coefficient (Wildman–Crippen LogP) is 4.17. The first kappa shape index (κ1) is 22.7. The van der Waals surface area contributed by atoms with E-state index in [0.29, 0.717) is 6.04 Å². The van der Waals surface area contributed by atoms with Gasteiger partial charge in [-0.3, -0.25) is 14.4 Å². The van der Waals surface area contributed by atoms with Crippen LogP contribution in [0.25, 0.3) is 0 Å². The average Bonchev–Trinajstić information content (AvgIpc) is 3.23. The normalized spacial score (nSPS) is 21.8. The highest BCUT2D eigenvalue weighted by atomic mass is 35.5. The number of amides is 1. The molecule has 2 saturated heterocycles. The fourth-order valence-corrected chi connectivity index (χ4v) is 6.08. The van der Waals surface area contributed by atoms with E-state index in [9.17, 15) is 4.79 Å². The molecule has 0 N–H and O–H groups in total. The molecule has 2 aliphatic heterocycles. The molecule has 5 rings (SSSR count). The van der Waals surface area contributed by atoms with Crippen LogP contribution in [-0.2, 0) is 19.4 Å². The molecule has 3 aliphatic rings. The molecule has 6 nitrogen and oxygen atoms in total. The number of halogens is 1. The van der Waals surface area contributed by atoms with E-state index in [0.717, 1.165) is 88.6 Å². The third-order valence-electron chi connectivity index (χ3n) is 7.81. The minimum absolute atomic E-state index is 0.153. The Balaban J connectivity index is 1.29. The van der Waals surface area contributed by atoms with Gasteiger partial charge in [-0.25, -0.2) is 0 Å². The molecule has 33 heavy (non-hydrogen) atoms. The highest BCUT2D eigenvalue weighted by molar-refractivity contribution is 6.30. The van der Waals surface area contributed by atoms with Crippen molar-refractivity contribution >= 4 is 23.2 Å². The van der Waals surface area contributed by atoms with Gasteiger partial charge >= 0.3 is 0 Å². The Morgan fingerprint density at radius 3 is 2.58 bits per heavy atom. The van der Waals surface area contributed by atoms with Crippen molar-refractivity contribution in [1.29, 1.82) is 0 Å². The number of likely N-dealkylation sites (tertiary alicyclic amines) is 1. The van der Waals surface area contributed by atoms with Gasteiger partial charge in [-0.05, 0) is 70.1 Å². The summed E-state index contributed by atoms with van der Waals surface area (Å²) < 4.78 is 2.09. The molecule has 1 aliphatic carbocycles. The number of aryl methyl sites for hydroxylation is 2. The summed E-state index contributed by atoms with van der Waals surface area (Å²) in [4.78, 5) is 20.5. The van der Waals surface area contributed by atoms with Crippen LogP contribution >= 0.6 is 11.6 Å². The van der Waals surface area contributed by atoms with Gasteiger partial charge in [0.25, 0.3) is 5.91 Å². The number of carbonyl (C=O) groups is 1. The van der Waals surface area contributed by atoms with Gasteiger partial charge in [-0.1, -0.05) is 17.7 Å². The SMILES string of the molecule is CCn1nc(C(=O)N2CCCCC2)c2c1CCC(N1CCN(c3cc(Cl)ccc3C)CC1)C2. The molecule has 0 radical (unpaired) electrons. The monoisotopic (exact) mass is 469 g/mol. The zero-order valence-corrected chi connectivity index (χ0v) is 20.8. The van der Waals surface area contributed by atoms with Gasteiger partial charge < -0.3 is 9.80 Å². The summed E-state index contributed by atoms with van der Waals surface area (Å²) in [6.45, 7) is 11.0. The molecule has 1 amide bonds. The third-order valence-corrected chi connectivity index (χ3v) is 8.04. The molecule has 0 saturated carbocycles.